The molecule has 0 aromatic heterocycles. The summed E-state index contributed by atoms with van der Waals surface area (Å²) in [5, 5.41) is 0. The minimum absolute atomic E-state index is 0.156. The zero-order valence-electron chi connectivity index (χ0n) is 13.5. The highest BCUT2D eigenvalue weighted by molar-refractivity contribution is 5.69. The molecule has 2 aromatic carbocycles. The average Bonchev–Trinajstić information content (AvgIpc) is 2.56. The molecule has 0 saturated heterocycles. The summed E-state index contributed by atoms with van der Waals surface area (Å²) in [5.74, 6) is -0.156. The Morgan fingerprint density at radius 2 is 1.27 bits per heavy atom. The fourth-order valence-corrected chi connectivity index (χ4v) is 2.52. The predicted octanol–water partition coefficient (Wildman–Crippen LogP) is 4.34. The highest BCUT2D eigenvalue weighted by atomic mass is 16.5. The quantitative estimate of drug-likeness (QED) is 0.711. The van der Waals surface area contributed by atoms with Gasteiger partial charge < -0.3 is 4.74 Å². The topological polar surface area (TPSA) is 26.3 Å². The summed E-state index contributed by atoms with van der Waals surface area (Å²) in [6, 6.07) is 17.4. The first kappa shape index (κ1) is 16.3. The van der Waals surface area contributed by atoms with Crippen molar-refractivity contribution in [1.29, 1.82) is 0 Å². The second kappa shape index (κ2) is 8.38. The molecule has 0 spiro atoms. The van der Waals surface area contributed by atoms with Gasteiger partial charge in [-0.25, -0.2) is 0 Å². The van der Waals surface area contributed by atoms with Crippen LogP contribution in [0.2, 0.25) is 0 Å². The Labute approximate surface area is 133 Å². The summed E-state index contributed by atoms with van der Waals surface area (Å²) in [6.45, 7) is 2.20. The van der Waals surface area contributed by atoms with Crippen molar-refractivity contribution in [1.82, 2.24) is 0 Å². The Balaban J connectivity index is 1.91. The van der Waals surface area contributed by atoms with E-state index in [-0.39, 0.29) is 5.97 Å². The van der Waals surface area contributed by atoms with Gasteiger partial charge in [0.1, 0.15) is 0 Å². The minimum Gasteiger partial charge on any atom is -0.469 e. The van der Waals surface area contributed by atoms with E-state index in [1.54, 1.807) is 0 Å². The van der Waals surface area contributed by atoms with Gasteiger partial charge in [0.25, 0.3) is 0 Å². The van der Waals surface area contributed by atoms with Crippen molar-refractivity contribution in [3.05, 3.63) is 70.8 Å². The molecular formula is C20H24O2. The number of aryl methyl sites for hydroxylation is 2. The van der Waals surface area contributed by atoms with Gasteiger partial charge in [0.2, 0.25) is 0 Å². The Morgan fingerprint density at radius 1 is 0.818 bits per heavy atom. The molecule has 0 amide bonds. The highest BCUT2D eigenvalue weighted by Gasteiger charge is 2.02. The van der Waals surface area contributed by atoms with Gasteiger partial charge in [-0.3, -0.25) is 4.79 Å². The van der Waals surface area contributed by atoms with E-state index in [2.05, 4.69) is 60.2 Å². The summed E-state index contributed by atoms with van der Waals surface area (Å²) in [6.07, 6.45) is 4.46. The van der Waals surface area contributed by atoms with Crippen molar-refractivity contribution >= 4 is 5.97 Å². The summed E-state index contributed by atoms with van der Waals surface area (Å²) in [5.41, 5.74) is 5.21. The number of benzene rings is 2. The van der Waals surface area contributed by atoms with Crippen LogP contribution >= 0.6 is 0 Å². The molecule has 116 valence electrons. The smallest absolute Gasteiger partial charge is 0.305 e. The fourth-order valence-electron chi connectivity index (χ4n) is 2.52. The zero-order valence-corrected chi connectivity index (χ0v) is 13.5. The maximum atomic E-state index is 11.1. The first-order valence-corrected chi connectivity index (χ1v) is 7.93. The van der Waals surface area contributed by atoms with Crippen LogP contribution in [0.25, 0.3) is 0 Å². The minimum atomic E-state index is -0.156. The van der Waals surface area contributed by atoms with E-state index in [9.17, 15) is 4.79 Å². The van der Waals surface area contributed by atoms with Crippen LogP contribution in [0.5, 0.6) is 0 Å². The Kier molecular flexibility index (Phi) is 6.20. The van der Waals surface area contributed by atoms with Crippen molar-refractivity contribution in [3.63, 3.8) is 0 Å². The third kappa shape index (κ3) is 5.03. The van der Waals surface area contributed by atoms with E-state index in [4.69, 9.17) is 0 Å². The molecule has 2 aromatic rings. The Bertz CT molecular complexity index is 582. The molecule has 0 unspecified atom stereocenters. The maximum Gasteiger partial charge on any atom is 0.305 e. The molecule has 0 bridgehead atoms. The third-order valence-corrected chi connectivity index (χ3v) is 3.84. The number of rotatable bonds is 7. The van der Waals surface area contributed by atoms with E-state index in [1.165, 1.54) is 35.8 Å². The molecule has 0 saturated carbocycles. The number of carbonyl (C=O) groups is 1. The van der Waals surface area contributed by atoms with Crippen LogP contribution < -0.4 is 0 Å². The second-order valence-electron chi connectivity index (χ2n) is 5.64. The number of methoxy groups -OCH3 is 1. The van der Waals surface area contributed by atoms with Crippen LogP contribution in [-0.4, -0.2) is 13.1 Å². The van der Waals surface area contributed by atoms with E-state index in [0.29, 0.717) is 6.42 Å². The van der Waals surface area contributed by atoms with Gasteiger partial charge in [0, 0.05) is 6.42 Å². The second-order valence-corrected chi connectivity index (χ2v) is 5.64. The molecule has 22 heavy (non-hydrogen) atoms. The molecule has 0 aliphatic carbocycles. The number of ether oxygens (including phenoxy) is 1. The number of carbonyl (C=O) groups excluding carboxylic acids is 1. The van der Waals surface area contributed by atoms with E-state index in [1.807, 2.05) is 0 Å². The largest absolute Gasteiger partial charge is 0.469 e. The molecule has 0 aliphatic heterocycles. The van der Waals surface area contributed by atoms with Crippen LogP contribution in [0.3, 0.4) is 0 Å². The lowest BCUT2D eigenvalue weighted by Gasteiger charge is -2.06. The molecule has 2 rings (SSSR count). The SMILES string of the molecule is CCCc1ccc(Cc2ccc(CCC(=O)OC)cc2)cc1. The van der Waals surface area contributed by atoms with Crippen LogP contribution in [0.1, 0.15) is 42.0 Å². The van der Waals surface area contributed by atoms with Crippen LogP contribution in [0, 0.1) is 0 Å². The van der Waals surface area contributed by atoms with Crippen LogP contribution in [0.15, 0.2) is 48.5 Å². The molecule has 0 radical (unpaired) electrons. The van der Waals surface area contributed by atoms with Crippen molar-refractivity contribution in [3.8, 4) is 0 Å². The van der Waals surface area contributed by atoms with Gasteiger partial charge in [0.15, 0.2) is 0 Å². The highest BCUT2D eigenvalue weighted by Crippen LogP contribution is 2.14. The zero-order chi connectivity index (χ0) is 15.8. The maximum absolute atomic E-state index is 11.1. The summed E-state index contributed by atoms with van der Waals surface area (Å²) >= 11 is 0. The number of hydrogen-bond acceptors (Lipinski definition) is 2. The first-order chi connectivity index (χ1) is 10.7. The van der Waals surface area contributed by atoms with Crippen LogP contribution in [-0.2, 0) is 28.8 Å². The lowest BCUT2D eigenvalue weighted by molar-refractivity contribution is -0.140. The van der Waals surface area contributed by atoms with Crippen molar-refractivity contribution < 1.29 is 9.53 Å². The van der Waals surface area contributed by atoms with Gasteiger partial charge in [-0.2, -0.15) is 0 Å². The molecule has 2 heteroatoms. The monoisotopic (exact) mass is 296 g/mol. The van der Waals surface area contributed by atoms with Gasteiger partial charge in [-0.1, -0.05) is 61.9 Å². The first-order valence-electron chi connectivity index (χ1n) is 7.93. The molecule has 0 N–H and O–H groups in total. The number of hydrogen-bond donors (Lipinski definition) is 0. The molecule has 0 atom stereocenters. The van der Waals surface area contributed by atoms with Gasteiger partial charge in [-0.05, 0) is 41.5 Å². The predicted molar refractivity (Wildman–Crippen MR) is 90.0 cm³/mol. The van der Waals surface area contributed by atoms with Gasteiger partial charge in [0.05, 0.1) is 7.11 Å². The standard InChI is InChI=1S/C20H24O2/c1-3-4-16-5-9-18(10-6-16)15-19-11-7-17(8-12-19)13-14-20(21)22-2/h5-12H,3-4,13-15H2,1-2H3. The summed E-state index contributed by atoms with van der Waals surface area (Å²) in [4.78, 5) is 11.1. The van der Waals surface area contributed by atoms with Crippen molar-refractivity contribution in [2.24, 2.45) is 0 Å². The van der Waals surface area contributed by atoms with E-state index >= 15 is 0 Å². The van der Waals surface area contributed by atoms with Crippen LogP contribution in [0.4, 0.5) is 0 Å². The third-order valence-electron chi connectivity index (χ3n) is 3.84. The summed E-state index contributed by atoms with van der Waals surface area (Å²) < 4.78 is 4.66. The molecule has 0 fully saturated rings. The number of esters is 1. The van der Waals surface area contributed by atoms with E-state index < -0.39 is 0 Å². The Morgan fingerprint density at radius 3 is 1.73 bits per heavy atom. The van der Waals surface area contributed by atoms with E-state index in [0.717, 1.165) is 19.3 Å². The molecule has 2 nitrogen and oxygen atoms in total. The molecule has 0 aliphatic rings. The molecular weight excluding hydrogens is 272 g/mol. The van der Waals surface area contributed by atoms with Crippen molar-refractivity contribution in [2.45, 2.75) is 39.0 Å². The molecule has 0 heterocycles. The fraction of sp³-hybridized carbons (Fsp3) is 0.350. The average molecular weight is 296 g/mol. The van der Waals surface area contributed by atoms with Gasteiger partial charge >= 0.3 is 5.97 Å². The van der Waals surface area contributed by atoms with Crippen molar-refractivity contribution in [2.75, 3.05) is 7.11 Å². The van der Waals surface area contributed by atoms with Gasteiger partial charge in [-0.15, -0.1) is 0 Å². The lowest BCUT2D eigenvalue weighted by atomic mass is 10.0. The lowest BCUT2D eigenvalue weighted by Crippen LogP contribution is -2.01. The Hall–Kier alpha value is -2.09. The summed E-state index contributed by atoms with van der Waals surface area (Å²) in [7, 11) is 1.43. The normalized spacial score (nSPS) is 10.5.